The van der Waals surface area contributed by atoms with E-state index in [1.807, 2.05) is 0 Å². The fourth-order valence-corrected chi connectivity index (χ4v) is 0.954. The molecular formula is C8H17NO4. The number of carbonyl (C=O) groups excluding carboxylic acids is 1. The lowest BCUT2D eigenvalue weighted by atomic mass is 10.3. The van der Waals surface area contributed by atoms with Crippen molar-refractivity contribution in [3.63, 3.8) is 0 Å². The molecule has 5 nitrogen and oxygen atoms in total. The molecule has 1 atom stereocenters. The van der Waals surface area contributed by atoms with Crippen molar-refractivity contribution in [3.05, 3.63) is 0 Å². The van der Waals surface area contributed by atoms with Crippen LogP contribution in [0.4, 0.5) is 0 Å². The monoisotopic (exact) mass is 191 g/mol. The topological polar surface area (TPSA) is 59.0 Å². The van der Waals surface area contributed by atoms with Crippen LogP contribution in [-0.4, -0.2) is 63.0 Å². The Labute approximate surface area is 78.2 Å². The average molecular weight is 191 g/mol. The van der Waals surface area contributed by atoms with E-state index in [0.29, 0.717) is 6.54 Å². The first kappa shape index (κ1) is 12.3. The molecule has 0 amide bonds. The second kappa shape index (κ2) is 6.82. The molecule has 0 aromatic rings. The van der Waals surface area contributed by atoms with Gasteiger partial charge < -0.3 is 14.6 Å². The van der Waals surface area contributed by atoms with E-state index in [-0.39, 0.29) is 19.1 Å². The van der Waals surface area contributed by atoms with Crippen LogP contribution < -0.4 is 0 Å². The zero-order valence-electron chi connectivity index (χ0n) is 8.32. The van der Waals surface area contributed by atoms with Gasteiger partial charge in [-0.05, 0) is 7.05 Å². The second-order valence-electron chi connectivity index (χ2n) is 2.88. The van der Waals surface area contributed by atoms with Gasteiger partial charge in [0.2, 0.25) is 0 Å². The van der Waals surface area contributed by atoms with Gasteiger partial charge in [-0.2, -0.15) is 0 Å². The summed E-state index contributed by atoms with van der Waals surface area (Å²) in [6.45, 7) is 0.839. The van der Waals surface area contributed by atoms with E-state index in [1.54, 1.807) is 11.9 Å². The molecule has 0 radical (unpaired) electrons. The largest absolute Gasteiger partial charge is 0.468 e. The van der Waals surface area contributed by atoms with Gasteiger partial charge in [0, 0.05) is 13.7 Å². The molecule has 1 N–H and O–H groups in total. The molecule has 0 aliphatic carbocycles. The molecule has 0 rings (SSSR count). The Balaban J connectivity index is 3.60. The van der Waals surface area contributed by atoms with E-state index in [1.165, 1.54) is 14.2 Å². The van der Waals surface area contributed by atoms with Crippen LogP contribution >= 0.6 is 0 Å². The van der Waals surface area contributed by atoms with Crippen LogP contribution in [0, 0.1) is 0 Å². The van der Waals surface area contributed by atoms with E-state index < -0.39 is 6.10 Å². The van der Waals surface area contributed by atoms with Crippen molar-refractivity contribution in [2.24, 2.45) is 0 Å². The van der Waals surface area contributed by atoms with Gasteiger partial charge in [-0.15, -0.1) is 0 Å². The molecule has 0 aliphatic heterocycles. The van der Waals surface area contributed by atoms with Crippen molar-refractivity contribution in [1.29, 1.82) is 0 Å². The third kappa shape index (κ3) is 6.51. The van der Waals surface area contributed by atoms with Gasteiger partial charge in [0.05, 0.1) is 26.4 Å². The van der Waals surface area contributed by atoms with Crippen molar-refractivity contribution in [2.45, 2.75) is 6.10 Å². The molecule has 78 valence electrons. The highest BCUT2D eigenvalue weighted by atomic mass is 16.5. The number of likely N-dealkylation sites (N-methyl/N-ethyl adjacent to an activating group) is 1. The molecule has 1 unspecified atom stereocenters. The van der Waals surface area contributed by atoms with Gasteiger partial charge in [0.1, 0.15) is 0 Å². The molecular weight excluding hydrogens is 174 g/mol. The molecule has 13 heavy (non-hydrogen) atoms. The van der Waals surface area contributed by atoms with Crippen LogP contribution in [0.2, 0.25) is 0 Å². The highest BCUT2D eigenvalue weighted by Crippen LogP contribution is 1.90. The van der Waals surface area contributed by atoms with Crippen LogP contribution in [0.1, 0.15) is 0 Å². The molecule has 0 saturated heterocycles. The predicted octanol–water partition coefficient (Wildman–Crippen LogP) is -0.901. The molecule has 0 fully saturated rings. The third-order valence-electron chi connectivity index (χ3n) is 1.51. The fourth-order valence-electron chi connectivity index (χ4n) is 0.954. The van der Waals surface area contributed by atoms with Crippen molar-refractivity contribution >= 4 is 5.97 Å². The van der Waals surface area contributed by atoms with Gasteiger partial charge in [0.15, 0.2) is 0 Å². The maximum absolute atomic E-state index is 10.8. The molecule has 0 aromatic heterocycles. The SMILES string of the molecule is COCC(O)CN(C)CC(=O)OC. The van der Waals surface area contributed by atoms with Crippen LogP contribution in [-0.2, 0) is 14.3 Å². The molecule has 0 aromatic carbocycles. The number of hydrogen-bond donors (Lipinski definition) is 1. The number of hydrogen-bond acceptors (Lipinski definition) is 5. The fraction of sp³-hybridized carbons (Fsp3) is 0.875. The number of rotatable bonds is 6. The maximum Gasteiger partial charge on any atom is 0.319 e. The van der Waals surface area contributed by atoms with Gasteiger partial charge in [-0.1, -0.05) is 0 Å². The summed E-state index contributed by atoms with van der Waals surface area (Å²) in [6, 6.07) is 0. The molecule has 0 aliphatic rings. The Morgan fingerprint density at radius 3 is 2.62 bits per heavy atom. The average Bonchev–Trinajstić information content (AvgIpc) is 2.04. The number of carbonyl (C=O) groups is 1. The summed E-state index contributed by atoms with van der Waals surface area (Å²) in [7, 11) is 4.58. The summed E-state index contributed by atoms with van der Waals surface area (Å²) in [5.41, 5.74) is 0. The Bertz CT molecular complexity index is 151. The minimum absolute atomic E-state index is 0.178. The quantitative estimate of drug-likeness (QED) is 0.551. The Morgan fingerprint density at radius 1 is 1.54 bits per heavy atom. The van der Waals surface area contributed by atoms with Crippen molar-refractivity contribution in [2.75, 3.05) is 41.0 Å². The Hall–Kier alpha value is -0.650. The number of nitrogens with zero attached hydrogens (tertiary/aromatic N) is 1. The summed E-state index contributed by atoms with van der Waals surface area (Å²) >= 11 is 0. The van der Waals surface area contributed by atoms with E-state index in [2.05, 4.69) is 4.74 Å². The standard InChI is InChI=1S/C8H17NO4/c1-9(5-8(11)13-3)4-7(10)6-12-2/h7,10H,4-6H2,1-3H3. The summed E-state index contributed by atoms with van der Waals surface area (Å²) in [5.74, 6) is -0.313. The zero-order chi connectivity index (χ0) is 10.3. The first-order chi connectivity index (χ1) is 6.10. The van der Waals surface area contributed by atoms with Gasteiger partial charge in [0.25, 0.3) is 0 Å². The smallest absolute Gasteiger partial charge is 0.319 e. The summed E-state index contributed by atoms with van der Waals surface area (Å²) < 4.78 is 9.21. The second-order valence-corrected chi connectivity index (χ2v) is 2.88. The van der Waals surface area contributed by atoms with E-state index >= 15 is 0 Å². The number of esters is 1. The van der Waals surface area contributed by atoms with Gasteiger partial charge >= 0.3 is 5.97 Å². The third-order valence-corrected chi connectivity index (χ3v) is 1.51. The lowest BCUT2D eigenvalue weighted by molar-refractivity contribution is -0.141. The van der Waals surface area contributed by atoms with Gasteiger partial charge in [-0.25, -0.2) is 0 Å². The van der Waals surface area contributed by atoms with E-state index in [9.17, 15) is 9.90 Å². The van der Waals surface area contributed by atoms with Gasteiger partial charge in [-0.3, -0.25) is 9.69 Å². The van der Waals surface area contributed by atoms with Crippen LogP contribution in [0.5, 0.6) is 0 Å². The first-order valence-corrected chi connectivity index (χ1v) is 4.02. The van der Waals surface area contributed by atoms with Crippen LogP contribution in [0.3, 0.4) is 0 Å². The van der Waals surface area contributed by atoms with Crippen LogP contribution in [0.25, 0.3) is 0 Å². The minimum atomic E-state index is -0.570. The predicted molar refractivity (Wildman–Crippen MR) is 47.4 cm³/mol. The molecule has 0 heterocycles. The van der Waals surface area contributed by atoms with E-state index in [4.69, 9.17) is 4.74 Å². The highest BCUT2D eigenvalue weighted by Gasteiger charge is 2.10. The number of aliphatic hydroxyl groups is 1. The van der Waals surface area contributed by atoms with Crippen LogP contribution in [0.15, 0.2) is 0 Å². The van der Waals surface area contributed by atoms with Crippen molar-refractivity contribution in [1.82, 2.24) is 4.90 Å². The Morgan fingerprint density at radius 2 is 2.15 bits per heavy atom. The summed E-state index contributed by atoms with van der Waals surface area (Å²) in [5, 5.41) is 9.29. The number of aliphatic hydroxyl groups excluding tert-OH is 1. The highest BCUT2D eigenvalue weighted by molar-refractivity contribution is 5.71. The minimum Gasteiger partial charge on any atom is -0.468 e. The molecule has 0 spiro atoms. The normalized spacial score (nSPS) is 13.0. The summed E-state index contributed by atoms with van der Waals surface area (Å²) in [4.78, 5) is 12.5. The molecule has 0 saturated carbocycles. The lowest BCUT2D eigenvalue weighted by Crippen LogP contribution is -2.35. The van der Waals surface area contributed by atoms with E-state index in [0.717, 1.165) is 0 Å². The van der Waals surface area contributed by atoms with Crippen molar-refractivity contribution < 1.29 is 19.4 Å². The lowest BCUT2D eigenvalue weighted by Gasteiger charge is -2.18. The number of methoxy groups -OCH3 is 2. The van der Waals surface area contributed by atoms with Crippen molar-refractivity contribution in [3.8, 4) is 0 Å². The Kier molecular flexibility index (Phi) is 6.48. The first-order valence-electron chi connectivity index (χ1n) is 4.02. The summed E-state index contributed by atoms with van der Waals surface area (Å²) in [6.07, 6.45) is -0.570. The molecule has 5 heteroatoms. The number of ether oxygens (including phenoxy) is 2. The zero-order valence-corrected chi connectivity index (χ0v) is 8.32. The molecule has 0 bridgehead atoms. The maximum atomic E-state index is 10.8.